The molecule has 0 radical (unpaired) electrons. The lowest BCUT2D eigenvalue weighted by Gasteiger charge is -2.26. The van der Waals surface area contributed by atoms with Crippen molar-refractivity contribution in [1.29, 1.82) is 0 Å². The van der Waals surface area contributed by atoms with Crippen molar-refractivity contribution in [1.82, 2.24) is 4.90 Å². The standard InChI is InChI=1S/C20H26N2O/c1-22(19-10-4-2-3-5-11-19)15-20(23)21-18-13-12-16-8-6-7-9-17(16)14-18/h6-9,12-14,19H,2-5,10-11,15H2,1H3,(H,21,23). The fourth-order valence-corrected chi connectivity index (χ4v) is 3.52. The van der Waals surface area contributed by atoms with Crippen molar-refractivity contribution in [2.45, 2.75) is 44.6 Å². The predicted molar refractivity (Wildman–Crippen MR) is 96.7 cm³/mol. The van der Waals surface area contributed by atoms with Crippen LogP contribution in [0.4, 0.5) is 5.69 Å². The number of anilines is 1. The van der Waals surface area contributed by atoms with Gasteiger partial charge in [0.15, 0.2) is 0 Å². The van der Waals surface area contributed by atoms with Gasteiger partial charge in [-0.2, -0.15) is 0 Å². The van der Waals surface area contributed by atoms with Gasteiger partial charge in [-0.3, -0.25) is 9.69 Å². The van der Waals surface area contributed by atoms with Crippen LogP contribution in [-0.2, 0) is 4.79 Å². The first-order chi connectivity index (χ1) is 11.2. The van der Waals surface area contributed by atoms with Gasteiger partial charge in [-0.15, -0.1) is 0 Å². The van der Waals surface area contributed by atoms with E-state index in [9.17, 15) is 4.79 Å². The quantitative estimate of drug-likeness (QED) is 0.847. The topological polar surface area (TPSA) is 32.3 Å². The SMILES string of the molecule is CN(CC(=O)Nc1ccc2ccccc2c1)C1CCCCCC1. The largest absolute Gasteiger partial charge is 0.325 e. The van der Waals surface area contributed by atoms with Crippen LogP contribution in [0.25, 0.3) is 10.8 Å². The van der Waals surface area contributed by atoms with Gasteiger partial charge in [-0.05, 0) is 42.8 Å². The molecule has 2 aromatic carbocycles. The number of nitrogens with zero attached hydrogens (tertiary/aromatic N) is 1. The summed E-state index contributed by atoms with van der Waals surface area (Å²) in [5.74, 6) is 0.0760. The molecule has 0 atom stereocenters. The van der Waals surface area contributed by atoms with Gasteiger partial charge in [0.25, 0.3) is 0 Å². The zero-order valence-corrected chi connectivity index (χ0v) is 13.9. The summed E-state index contributed by atoms with van der Waals surface area (Å²) >= 11 is 0. The Morgan fingerprint density at radius 2 is 1.74 bits per heavy atom. The molecule has 1 aliphatic carbocycles. The number of amides is 1. The second-order valence-electron chi connectivity index (χ2n) is 6.67. The fraction of sp³-hybridized carbons (Fsp3) is 0.450. The summed E-state index contributed by atoms with van der Waals surface area (Å²) in [4.78, 5) is 14.6. The van der Waals surface area contributed by atoms with Crippen molar-refractivity contribution in [3.8, 4) is 0 Å². The molecule has 1 saturated carbocycles. The number of carbonyl (C=O) groups excluding carboxylic acids is 1. The summed E-state index contributed by atoms with van der Waals surface area (Å²) in [6, 6.07) is 14.8. The van der Waals surface area contributed by atoms with Crippen LogP contribution in [0, 0.1) is 0 Å². The van der Waals surface area contributed by atoms with Crippen molar-refractivity contribution in [2.75, 3.05) is 18.9 Å². The van der Waals surface area contributed by atoms with Gasteiger partial charge in [0, 0.05) is 11.7 Å². The summed E-state index contributed by atoms with van der Waals surface area (Å²) in [5.41, 5.74) is 0.878. The Balaban J connectivity index is 1.59. The van der Waals surface area contributed by atoms with Gasteiger partial charge in [0.1, 0.15) is 0 Å². The van der Waals surface area contributed by atoms with Crippen molar-refractivity contribution in [3.63, 3.8) is 0 Å². The first kappa shape index (κ1) is 16.0. The van der Waals surface area contributed by atoms with Crippen LogP contribution < -0.4 is 5.32 Å². The van der Waals surface area contributed by atoms with Crippen LogP contribution in [0.15, 0.2) is 42.5 Å². The lowest BCUT2D eigenvalue weighted by molar-refractivity contribution is -0.117. The lowest BCUT2D eigenvalue weighted by atomic mass is 10.1. The van der Waals surface area contributed by atoms with Gasteiger partial charge in [-0.1, -0.05) is 56.0 Å². The van der Waals surface area contributed by atoms with E-state index in [1.807, 2.05) is 24.3 Å². The first-order valence-electron chi connectivity index (χ1n) is 8.71. The molecule has 0 bridgehead atoms. The first-order valence-corrected chi connectivity index (χ1v) is 8.71. The number of fused-ring (bicyclic) bond motifs is 1. The maximum atomic E-state index is 12.3. The molecule has 0 heterocycles. The predicted octanol–water partition coefficient (Wildman–Crippen LogP) is 4.43. The molecule has 3 rings (SSSR count). The second kappa shape index (κ2) is 7.60. The van der Waals surface area contributed by atoms with Crippen LogP contribution in [-0.4, -0.2) is 30.4 Å². The molecule has 122 valence electrons. The van der Waals surface area contributed by atoms with E-state index in [4.69, 9.17) is 0 Å². The molecule has 1 N–H and O–H groups in total. The number of nitrogens with one attached hydrogen (secondary N) is 1. The van der Waals surface area contributed by atoms with Crippen molar-refractivity contribution < 1.29 is 4.79 Å². The van der Waals surface area contributed by atoms with Gasteiger partial charge < -0.3 is 5.32 Å². The van der Waals surface area contributed by atoms with Crippen LogP contribution in [0.3, 0.4) is 0 Å². The number of benzene rings is 2. The van der Waals surface area contributed by atoms with E-state index >= 15 is 0 Å². The third kappa shape index (κ3) is 4.32. The summed E-state index contributed by atoms with van der Waals surface area (Å²) in [6.07, 6.45) is 7.71. The molecule has 0 unspecified atom stereocenters. The third-order valence-corrected chi connectivity index (χ3v) is 4.87. The fourth-order valence-electron chi connectivity index (χ4n) is 3.52. The van der Waals surface area contributed by atoms with Crippen molar-refractivity contribution in [2.24, 2.45) is 0 Å². The Kier molecular flexibility index (Phi) is 5.29. The van der Waals surface area contributed by atoms with E-state index in [1.54, 1.807) is 0 Å². The van der Waals surface area contributed by atoms with E-state index in [2.05, 4.69) is 35.5 Å². The zero-order chi connectivity index (χ0) is 16.1. The van der Waals surface area contributed by atoms with Gasteiger partial charge in [0.05, 0.1) is 6.54 Å². The Morgan fingerprint density at radius 1 is 1.04 bits per heavy atom. The Bertz CT molecular complexity index is 659. The van der Waals surface area contributed by atoms with E-state index in [-0.39, 0.29) is 5.91 Å². The van der Waals surface area contributed by atoms with Gasteiger partial charge in [0.2, 0.25) is 5.91 Å². The average molecular weight is 310 g/mol. The highest BCUT2D eigenvalue weighted by Crippen LogP contribution is 2.21. The molecule has 0 spiro atoms. The number of rotatable bonds is 4. The molecule has 0 aromatic heterocycles. The maximum Gasteiger partial charge on any atom is 0.238 e. The lowest BCUT2D eigenvalue weighted by Crippen LogP contribution is -2.37. The summed E-state index contributed by atoms with van der Waals surface area (Å²) < 4.78 is 0. The summed E-state index contributed by atoms with van der Waals surface area (Å²) in [6.45, 7) is 0.470. The summed E-state index contributed by atoms with van der Waals surface area (Å²) in [7, 11) is 2.08. The third-order valence-electron chi connectivity index (χ3n) is 4.87. The number of hydrogen-bond acceptors (Lipinski definition) is 2. The second-order valence-corrected chi connectivity index (χ2v) is 6.67. The molecule has 2 aromatic rings. The van der Waals surface area contributed by atoms with E-state index in [0.717, 1.165) is 11.1 Å². The highest BCUT2D eigenvalue weighted by Gasteiger charge is 2.18. The normalized spacial score (nSPS) is 16.4. The molecule has 3 heteroatoms. The molecule has 1 aliphatic rings. The van der Waals surface area contributed by atoms with Gasteiger partial charge >= 0.3 is 0 Å². The minimum absolute atomic E-state index is 0.0760. The highest BCUT2D eigenvalue weighted by molar-refractivity contribution is 5.95. The van der Waals surface area contributed by atoms with Crippen LogP contribution in [0.2, 0.25) is 0 Å². The Morgan fingerprint density at radius 3 is 2.48 bits per heavy atom. The zero-order valence-electron chi connectivity index (χ0n) is 13.9. The molecule has 23 heavy (non-hydrogen) atoms. The highest BCUT2D eigenvalue weighted by atomic mass is 16.2. The number of likely N-dealkylation sites (N-methyl/N-ethyl adjacent to an activating group) is 1. The summed E-state index contributed by atoms with van der Waals surface area (Å²) in [5, 5.41) is 5.39. The smallest absolute Gasteiger partial charge is 0.238 e. The molecule has 1 amide bonds. The van der Waals surface area contributed by atoms with Crippen molar-refractivity contribution in [3.05, 3.63) is 42.5 Å². The molecular formula is C20H26N2O. The molecule has 0 aliphatic heterocycles. The average Bonchev–Trinajstić information content (AvgIpc) is 2.84. The van der Waals surface area contributed by atoms with E-state index in [1.165, 1.54) is 43.9 Å². The molecule has 1 fully saturated rings. The van der Waals surface area contributed by atoms with Gasteiger partial charge in [-0.25, -0.2) is 0 Å². The minimum atomic E-state index is 0.0760. The van der Waals surface area contributed by atoms with Crippen LogP contribution in [0.5, 0.6) is 0 Å². The maximum absolute atomic E-state index is 12.3. The molecule has 3 nitrogen and oxygen atoms in total. The van der Waals surface area contributed by atoms with Crippen molar-refractivity contribution >= 4 is 22.4 Å². The number of carbonyl (C=O) groups is 1. The Hall–Kier alpha value is -1.87. The molecule has 0 saturated heterocycles. The number of hydrogen-bond donors (Lipinski definition) is 1. The van der Waals surface area contributed by atoms with E-state index < -0.39 is 0 Å². The Labute approximate surface area is 138 Å². The van der Waals surface area contributed by atoms with E-state index in [0.29, 0.717) is 12.6 Å². The van der Waals surface area contributed by atoms with Crippen LogP contribution in [0.1, 0.15) is 38.5 Å². The minimum Gasteiger partial charge on any atom is -0.325 e. The van der Waals surface area contributed by atoms with Crippen LogP contribution >= 0.6 is 0 Å². The molecular weight excluding hydrogens is 284 g/mol. The monoisotopic (exact) mass is 310 g/mol.